The lowest BCUT2D eigenvalue weighted by molar-refractivity contribution is 0.0954. The highest BCUT2D eigenvalue weighted by atomic mass is 79.9. The van der Waals surface area contributed by atoms with E-state index in [1.165, 1.54) is 0 Å². The van der Waals surface area contributed by atoms with Crippen molar-refractivity contribution in [3.63, 3.8) is 0 Å². The van der Waals surface area contributed by atoms with Crippen molar-refractivity contribution < 1.29 is 14.7 Å². The number of carbonyl (C=O) groups is 2. The molecule has 1 N–H and O–H groups in total. The highest BCUT2D eigenvalue weighted by Crippen LogP contribution is 2.46. The summed E-state index contributed by atoms with van der Waals surface area (Å²) in [5.41, 5.74) is 6.38. The van der Waals surface area contributed by atoms with Gasteiger partial charge in [0.15, 0.2) is 11.6 Å². The van der Waals surface area contributed by atoms with Gasteiger partial charge in [-0.15, -0.1) is 0 Å². The van der Waals surface area contributed by atoms with Gasteiger partial charge in [-0.2, -0.15) is 0 Å². The average Bonchev–Trinajstić information content (AvgIpc) is 3.17. The highest BCUT2D eigenvalue weighted by Gasteiger charge is 2.35. The van der Waals surface area contributed by atoms with Crippen molar-refractivity contribution in [3.05, 3.63) is 74.1 Å². The normalized spacial score (nSPS) is 15.5. The Morgan fingerprint density at radius 3 is 2.32 bits per heavy atom. The topological polar surface area (TPSA) is 71.7 Å². The second-order valence-corrected chi connectivity index (χ2v) is 10.7. The van der Waals surface area contributed by atoms with Crippen molar-refractivity contribution in [1.82, 2.24) is 9.38 Å². The number of hydrogen-bond acceptors (Lipinski definition) is 4. The molecule has 0 bridgehead atoms. The van der Waals surface area contributed by atoms with Gasteiger partial charge >= 0.3 is 0 Å². The van der Waals surface area contributed by atoms with Gasteiger partial charge in [0.05, 0.1) is 16.9 Å². The Morgan fingerprint density at radius 1 is 0.824 bits per heavy atom. The summed E-state index contributed by atoms with van der Waals surface area (Å²) in [7, 11) is 0. The number of hydrogen-bond donors (Lipinski definition) is 1. The van der Waals surface area contributed by atoms with Crippen molar-refractivity contribution in [2.24, 2.45) is 0 Å². The van der Waals surface area contributed by atoms with E-state index < -0.39 is 0 Å². The number of phenolic OH excluding ortho intramolecular Hbond substituents is 1. The highest BCUT2D eigenvalue weighted by molar-refractivity contribution is 9.10. The lowest BCUT2D eigenvalue weighted by Gasteiger charge is -2.21. The fourth-order valence-corrected chi connectivity index (χ4v) is 5.94. The van der Waals surface area contributed by atoms with E-state index in [1.807, 2.05) is 34.7 Å². The summed E-state index contributed by atoms with van der Waals surface area (Å²) in [6, 6.07) is 13.1. The molecular weight excluding hydrogens is 560 g/mol. The number of phenols is 1. The molecule has 4 aromatic rings. The Kier molecular flexibility index (Phi) is 5.22. The van der Waals surface area contributed by atoms with E-state index in [-0.39, 0.29) is 17.3 Å². The zero-order valence-electron chi connectivity index (χ0n) is 18.2. The van der Waals surface area contributed by atoms with Crippen LogP contribution in [0.1, 0.15) is 57.9 Å². The number of nitrogens with zero attached hydrogens (tertiary/aromatic N) is 2. The van der Waals surface area contributed by atoms with Crippen LogP contribution in [0.15, 0.2) is 51.4 Å². The molecule has 34 heavy (non-hydrogen) atoms. The van der Waals surface area contributed by atoms with Crippen LogP contribution in [0.25, 0.3) is 27.9 Å². The molecule has 0 amide bonds. The van der Waals surface area contributed by atoms with Crippen LogP contribution >= 0.6 is 31.9 Å². The van der Waals surface area contributed by atoms with E-state index in [2.05, 4.69) is 31.9 Å². The molecule has 0 spiro atoms. The standard InChI is InChI=1S/C27H20Br2N2O3/c28-15-9-7-14(8-10-15)25-27-23(17-13-16(29)11-12-20(17)32)24-19(4-2-5-21(24)33)31(27)26-18(30-25)3-1-6-22(26)34/h7-13,32H,1-6H2. The third kappa shape index (κ3) is 3.28. The molecule has 170 valence electrons. The van der Waals surface area contributed by atoms with E-state index in [0.29, 0.717) is 47.2 Å². The van der Waals surface area contributed by atoms with Crippen molar-refractivity contribution in [2.45, 2.75) is 38.5 Å². The lowest BCUT2D eigenvalue weighted by Crippen LogP contribution is -2.20. The Hall–Kier alpha value is -2.77. The summed E-state index contributed by atoms with van der Waals surface area (Å²) in [4.78, 5) is 31.6. The number of ketones is 2. The molecule has 5 nitrogen and oxygen atoms in total. The first-order valence-corrected chi connectivity index (χ1v) is 12.9. The molecule has 7 heteroatoms. The lowest BCUT2D eigenvalue weighted by atomic mass is 9.90. The summed E-state index contributed by atoms with van der Waals surface area (Å²) >= 11 is 7.03. The minimum atomic E-state index is 0.0399. The van der Waals surface area contributed by atoms with Crippen LogP contribution in [0.4, 0.5) is 0 Å². The predicted octanol–water partition coefficient (Wildman–Crippen LogP) is 6.94. The van der Waals surface area contributed by atoms with Gasteiger partial charge in [0.25, 0.3) is 0 Å². The minimum absolute atomic E-state index is 0.0399. The first kappa shape index (κ1) is 21.7. The number of aromatic hydroxyl groups is 1. The van der Waals surface area contributed by atoms with Gasteiger partial charge in [-0.3, -0.25) is 9.59 Å². The zero-order chi connectivity index (χ0) is 23.6. The van der Waals surface area contributed by atoms with Gasteiger partial charge in [0, 0.05) is 49.7 Å². The van der Waals surface area contributed by atoms with Gasteiger partial charge in [0.2, 0.25) is 0 Å². The minimum Gasteiger partial charge on any atom is -0.507 e. The average molecular weight is 580 g/mol. The molecule has 0 saturated carbocycles. The van der Waals surface area contributed by atoms with Gasteiger partial charge in [-0.25, -0.2) is 4.98 Å². The van der Waals surface area contributed by atoms with Crippen LogP contribution < -0.4 is 0 Å². The quantitative estimate of drug-likeness (QED) is 0.279. The van der Waals surface area contributed by atoms with Crippen molar-refractivity contribution in [2.75, 3.05) is 0 Å². The van der Waals surface area contributed by atoms with Crippen LogP contribution in [-0.4, -0.2) is 26.1 Å². The van der Waals surface area contributed by atoms with E-state index in [0.717, 1.165) is 50.9 Å². The largest absolute Gasteiger partial charge is 0.507 e. The summed E-state index contributed by atoms with van der Waals surface area (Å²) in [6.45, 7) is 0. The van der Waals surface area contributed by atoms with E-state index in [4.69, 9.17) is 4.98 Å². The van der Waals surface area contributed by atoms with Gasteiger partial charge < -0.3 is 9.51 Å². The number of rotatable bonds is 2. The van der Waals surface area contributed by atoms with Crippen LogP contribution in [-0.2, 0) is 12.8 Å². The maximum atomic E-state index is 13.4. The smallest absolute Gasteiger partial charge is 0.181 e. The first-order chi connectivity index (χ1) is 16.4. The number of fused-ring (bicyclic) bond motifs is 5. The van der Waals surface area contributed by atoms with Gasteiger partial charge in [0.1, 0.15) is 11.4 Å². The van der Waals surface area contributed by atoms with E-state index in [9.17, 15) is 14.7 Å². The Morgan fingerprint density at radius 2 is 1.53 bits per heavy atom. The zero-order valence-corrected chi connectivity index (χ0v) is 21.4. The van der Waals surface area contributed by atoms with Crippen LogP contribution in [0, 0.1) is 0 Å². The SMILES string of the molecule is O=C1CCCc2c1c(-c1cc(Br)ccc1O)c1c(-c3ccc(Br)cc3)nc3c(n21)C(=O)CCC3. The molecular formula is C27H20Br2N2O3. The van der Waals surface area contributed by atoms with E-state index >= 15 is 0 Å². The fraction of sp³-hybridized carbons (Fsp3) is 0.222. The second kappa shape index (κ2) is 8.17. The number of aromatic nitrogens is 2. The van der Waals surface area contributed by atoms with Crippen LogP contribution in [0.2, 0.25) is 0 Å². The maximum Gasteiger partial charge on any atom is 0.181 e. The number of halogens is 2. The summed E-state index contributed by atoms with van der Waals surface area (Å²) < 4.78 is 3.75. The van der Waals surface area contributed by atoms with Crippen molar-refractivity contribution >= 4 is 48.9 Å². The molecule has 2 aromatic heterocycles. The molecule has 0 unspecified atom stereocenters. The van der Waals surface area contributed by atoms with Crippen molar-refractivity contribution in [3.8, 4) is 28.1 Å². The first-order valence-electron chi connectivity index (χ1n) is 11.4. The molecule has 0 atom stereocenters. The monoisotopic (exact) mass is 578 g/mol. The number of carbonyl (C=O) groups excluding carboxylic acids is 2. The fourth-order valence-electron chi connectivity index (χ4n) is 5.32. The van der Waals surface area contributed by atoms with Crippen LogP contribution in [0.5, 0.6) is 5.75 Å². The van der Waals surface area contributed by atoms with E-state index in [1.54, 1.807) is 12.1 Å². The maximum absolute atomic E-state index is 13.4. The third-order valence-electron chi connectivity index (χ3n) is 6.76. The van der Waals surface area contributed by atoms with Gasteiger partial charge in [-0.05, 0) is 56.0 Å². The van der Waals surface area contributed by atoms with Crippen LogP contribution in [0.3, 0.4) is 0 Å². The number of benzene rings is 2. The third-order valence-corrected chi connectivity index (χ3v) is 7.78. The molecule has 6 rings (SSSR count). The Labute approximate surface area is 213 Å². The summed E-state index contributed by atoms with van der Waals surface area (Å²) in [6.07, 6.45) is 3.84. The Balaban J connectivity index is 1.85. The molecule has 0 saturated heterocycles. The summed E-state index contributed by atoms with van der Waals surface area (Å²) in [5.74, 6) is 0.183. The molecule has 0 aliphatic heterocycles. The molecule has 2 heterocycles. The second-order valence-electron chi connectivity index (χ2n) is 8.86. The molecule has 0 fully saturated rings. The molecule has 2 aliphatic rings. The number of Topliss-reactive ketones (excluding diaryl/α,β-unsaturated/α-hetero) is 2. The summed E-state index contributed by atoms with van der Waals surface area (Å²) in [5, 5.41) is 10.9. The molecule has 2 aromatic carbocycles. The van der Waals surface area contributed by atoms with Crippen molar-refractivity contribution in [1.29, 1.82) is 0 Å². The van der Waals surface area contributed by atoms with Gasteiger partial charge in [-0.1, -0.05) is 44.0 Å². The molecule has 2 aliphatic carbocycles. The Bertz CT molecular complexity index is 1520. The number of aryl methyl sites for hydroxylation is 2. The predicted molar refractivity (Wildman–Crippen MR) is 138 cm³/mol. The molecule has 0 radical (unpaired) electrons.